The van der Waals surface area contributed by atoms with Gasteiger partial charge in [-0.05, 0) is 20.8 Å². The van der Waals surface area contributed by atoms with Crippen LogP contribution in [0.2, 0.25) is 0 Å². The van der Waals surface area contributed by atoms with Gasteiger partial charge in [0.05, 0.1) is 25.2 Å². The molecule has 2 fully saturated rings. The Bertz CT molecular complexity index is 369. The Labute approximate surface area is 107 Å². The molecule has 2 aliphatic heterocycles. The maximum Gasteiger partial charge on any atom is 0.410 e. The van der Waals surface area contributed by atoms with E-state index in [1.807, 2.05) is 20.8 Å². The van der Waals surface area contributed by atoms with Crippen LogP contribution in [-0.4, -0.2) is 66.2 Å². The van der Waals surface area contributed by atoms with Crippen molar-refractivity contribution in [1.82, 2.24) is 15.1 Å². The van der Waals surface area contributed by atoms with Crippen LogP contribution in [0.4, 0.5) is 4.79 Å². The molecule has 6 heteroatoms. The van der Waals surface area contributed by atoms with Gasteiger partial charge in [-0.2, -0.15) is 0 Å². The molecule has 1 N–H and O–H groups in total. The van der Waals surface area contributed by atoms with E-state index in [0.29, 0.717) is 19.6 Å². The molecule has 2 rings (SSSR count). The van der Waals surface area contributed by atoms with Gasteiger partial charge in [-0.3, -0.25) is 4.79 Å². The average Bonchev–Trinajstić information content (AvgIpc) is 2.16. The summed E-state index contributed by atoms with van der Waals surface area (Å²) >= 11 is 0. The number of nitrogens with one attached hydrogen (secondary N) is 1. The van der Waals surface area contributed by atoms with Gasteiger partial charge in [0, 0.05) is 13.6 Å². The summed E-state index contributed by atoms with van der Waals surface area (Å²) in [7, 11) is 1.80. The third-order valence-electron chi connectivity index (χ3n) is 3.44. The quantitative estimate of drug-likeness (QED) is 0.664. The molecule has 0 radical (unpaired) electrons. The number of likely N-dealkylation sites (tertiary alicyclic amines) is 1. The Morgan fingerprint density at radius 1 is 1.39 bits per heavy atom. The van der Waals surface area contributed by atoms with Crippen LogP contribution >= 0.6 is 0 Å². The van der Waals surface area contributed by atoms with E-state index in [1.54, 1.807) is 16.8 Å². The fraction of sp³-hybridized carbons (Fsp3) is 0.833. The fourth-order valence-corrected chi connectivity index (χ4v) is 2.35. The van der Waals surface area contributed by atoms with Crippen LogP contribution in [0.15, 0.2) is 0 Å². The Morgan fingerprint density at radius 2 is 2.00 bits per heavy atom. The van der Waals surface area contributed by atoms with Crippen molar-refractivity contribution in [3.05, 3.63) is 0 Å². The van der Waals surface area contributed by atoms with Crippen molar-refractivity contribution in [2.45, 2.75) is 31.9 Å². The molecule has 0 aliphatic carbocycles. The lowest BCUT2D eigenvalue weighted by Gasteiger charge is -2.56. The maximum atomic E-state index is 11.8. The molecular formula is C12H21N3O3. The van der Waals surface area contributed by atoms with Crippen LogP contribution in [0.3, 0.4) is 0 Å². The number of piperazine rings is 1. The minimum absolute atomic E-state index is 0.0742. The van der Waals surface area contributed by atoms with E-state index in [0.717, 1.165) is 6.54 Å². The summed E-state index contributed by atoms with van der Waals surface area (Å²) in [6.45, 7) is 7.72. The molecular weight excluding hydrogens is 234 g/mol. The van der Waals surface area contributed by atoms with Crippen LogP contribution in [0.5, 0.6) is 0 Å². The summed E-state index contributed by atoms with van der Waals surface area (Å²) in [6, 6.07) is 0. The summed E-state index contributed by atoms with van der Waals surface area (Å²) < 4.78 is 5.30. The lowest BCUT2D eigenvalue weighted by Crippen LogP contribution is -2.77. The van der Waals surface area contributed by atoms with Crippen LogP contribution in [0.25, 0.3) is 0 Å². The first-order valence-corrected chi connectivity index (χ1v) is 6.19. The Kier molecular flexibility index (Phi) is 3.01. The van der Waals surface area contributed by atoms with Crippen molar-refractivity contribution in [1.29, 1.82) is 0 Å². The summed E-state index contributed by atoms with van der Waals surface area (Å²) in [4.78, 5) is 26.9. The van der Waals surface area contributed by atoms with E-state index in [-0.39, 0.29) is 17.5 Å². The molecule has 102 valence electrons. The number of carbonyl (C=O) groups excluding carboxylic acids is 2. The zero-order valence-corrected chi connectivity index (χ0v) is 11.4. The van der Waals surface area contributed by atoms with E-state index in [4.69, 9.17) is 4.74 Å². The summed E-state index contributed by atoms with van der Waals surface area (Å²) in [5.41, 5.74) is -0.724. The second-order valence-corrected chi connectivity index (χ2v) is 6.12. The van der Waals surface area contributed by atoms with E-state index in [1.165, 1.54) is 0 Å². The summed E-state index contributed by atoms with van der Waals surface area (Å²) in [5, 5.41) is 3.10. The highest BCUT2D eigenvalue weighted by Gasteiger charge is 2.52. The average molecular weight is 255 g/mol. The highest BCUT2D eigenvalue weighted by molar-refractivity contribution is 5.81. The largest absolute Gasteiger partial charge is 0.444 e. The van der Waals surface area contributed by atoms with Crippen LogP contribution in [-0.2, 0) is 9.53 Å². The summed E-state index contributed by atoms with van der Waals surface area (Å²) in [5.74, 6) is 0.0742. The van der Waals surface area contributed by atoms with Gasteiger partial charge >= 0.3 is 6.09 Å². The number of likely N-dealkylation sites (N-methyl/N-ethyl adjacent to an activating group) is 1. The maximum absolute atomic E-state index is 11.8. The number of nitrogens with zero attached hydrogens (tertiary/aromatic N) is 2. The number of ether oxygens (including phenoxy) is 1. The van der Waals surface area contributed by atoms with Crippen molar-refractivity contribution in [3.8, 4) is 0 Å². The second-order valence-electron chi connectivity index (χ2n) is 6.12. The van der Waals surface area contributed by atoms with Gasteiger partial charge in [-0.15, -0.1) is 0 Å². The van der Waals surface area contributed by atoms with E-state index in [2.05, 4.69) is 5.32 Å². The number of rotatable bonds is 0. The zero-order chi connectivity index (χ0) is 13.6. The van der Waals surface area contributed by atoms with Crippen LogP contribution < -0.4 is 5.32 Å². The van der Waals surface area contributed by atoms with Gasteiger partial charge in [0.2, 0.25) is 5.91 Å². The highest BCUT2D eigenvalue weighted by atomic mass is 16.6. The molecule has 18 heavy (non-hydrogen) atoms. The Morgan fingerprint density at radius 3 is 2.56 bits per heavy atom. The highest BCUT2D eigenvalue weighted by Crippen LogP contribution is 2.29. The van der Waals surface area contributed by atoms with Crippen molar-refractivity contribution in [2.75, 3.05) is 33.2 Å². The third kappa shape index (κ3) is 2.29. The minimum atomic E-state index is -0.480. The predicted octanol–water partition coefficient (Wildman–Crippen LogP) is 0.0375. The number of carbonyl (C=O) groups is 2. The van der Waals surface area contributed by atoms with Crippen LogP contribution in [0, 0.1) is 0 Å². The SMILES string of the molecule is CN1C(=O)CNCC12CN(C(=O)OC(C)(C)C)C2. The molecule has 2 amide bonds. The van der Waals surface area contributed by atoms with Gasteiger partial charge in [0.25, 0.3) is 0 Å². The second kappa shape index (κ2) is 4.12. The normalized spacial score (nSPS) is 23.0. The molecule has 2 saturated heterocycles. The number of amides is 2. The molecule has 0 aromatic heterocycles. The predicted molar refractivity (Wildman–Crippen MR) is 66.2 cm³/mol. The standard InChI is InChI=1S/C12H21N3O3/c1-11(2,3)18-10(17)15-7-12(8-15)6-13-5-9(16)14(12)4/h13H,5-8H2,1-4H3. The molecule has 2 heterocycles. The topological polar surface area (TPSA) is 61.9 Å². The zero-order valence-electron chi connectivity index (χ0n) is 11.4. The van der Waals surface area contributed by atoms with Crippen molar-refractivity contribution in [2.24, 2.45) is 0 Å². The molecule has 0 atom stereocenters. The molecule has 6 nitrogen and oxygen atoms in total. The molecule has 0 bridgehead atoms. The van der Waals surface area contributed by atoms with Gasteiger partial charge in [-0.25, -0.2) is 4.79 Å². The van der Waals surface area contributed by atoms with Crippen molar-refractivity contribution >= 4 is 12.0 Å². The lowest BCUT2D eigenvalue weighted by atomic mass is 9.86. The number of hydrogen-bond acceptors (Lipinski definition) is 4. The minimum Gasteiger partial charge on any atom is -0.444 e. The van der Waals surface area contributed by atoms with Crippen molar-refractivity contribution < 1.29 is 14.3 Å². The molecule has 0 unspecified atom stereocenters. The molecule has 0 saturated carbocycles. The Balaban J connectivity index is 1.93. The van der Waals surface area contributed by atoms with E-state index in [9.17, 15) is 9.59 Å². The fourth-order valence-electron chi connectivity index (χ4n) is 2.35. The van der Waals surface area contributed by atoms with Gasteiger partial charge in [0.15, 0.2) is 0 Å². The number of hydrogen-bond donors (Lipinski definition) is 1. The molecule has 0 aromatic rings. The smallest absolute Gasteiger partial charge is 0.410 e. The van der Waals surface area contributed by atoms with Crippen molar-refractivity contribution in [3.63, 3.8) is 0 Å². The first kappa shape index (κ1) is 13.1. The van der Waals surface area contributed by atoms with E-state index < -0.39 is 5.60 Å². The monoisotopic (exact) mass is 255 g/mol. The summed E-state index contributed by atoms with van der Waals surface area (Å²) in [6.07, 6.45) is -0.306. The molecule has 2 aliphatic rings. The van der Waals surface area contributed by atoms with Gasteiger partial charge in [-0.1, -0.05) is 0 Å². The molecule has 1 spiro atoms. The third-order valence-corrected chi connectivity index (χ3v) is 3.44. The molecule has 0 aromatic carbocycles. The van der Waals surface area contributed by atoms with E-state index >= 15 is 0 Å². The van der Waals surface area contributed by atoms with Crippen LogP contribution in [0.1, 0.15) is 20.8 Å². The van der Waals surface area contributed by atoms with Gasteiger partial charge in [0.1, 0.15) is 5.60 Å². The first-order chi connectivity index (χ1) is 8.23. The Hall–Kier alpha value is -1.30. The lowest BCUT2D eigenvalue weighted by molar-refractivity contribution is -0.146. The first-order valence-electron chi connectivity index (χ1n) is 6.19. The van der Waals surface area contributed by atoms with Gasteiger partial charge < -0.3 is 19.9 Å².